The molecule has 0 aliphatic rings. The molecule has 0 radical (unpaired) electrons. The third kappa shape index (κ3) is 8.20. The summed E-state index contributed by atoms with van der Waals surface area (Å²) in [6.45, 7) is 10.1. The second-order valence-electron chi connectivity index (χ2n) is 7.04. The van der Waals surface area contributed by atoms with Gasteiger partial charge in [0.25, 0.3) is 0 Å². The van der Waals surface area contributed by atoms with Gasteiger partial charge in [0.05, 0.1) is 6.54 Å². The Morgan fingerprint density at radius 3 is 1.65 bits per heavy atom. The van der Waals surface area contributed by atoms with Gasteiger partial charge in [-0.25, -0.2) is 14.6 Å². The van der Waals surface area contributed by atoms with Crippen LogP contribution in [0.4, 0.5) is 0 Å². The number of rotatable bonds is 5. The van der Waals surface area contributed by atoms with Gasteiger partial charge in [0.15, 0.2) is 5.96 Å². The Morgan fingerprint density at radius 2 is 1.35 bits per heavy atom. The van der Waals surface area contributed by atoms with Crippen molar-refractivity contribution in [2.45, 2.75) is 58.3 Å². The van der Waals surface area contributed by atoms with E-state index in [0.717, 1.165) is 0 Å². The lowest BCUT2D eigenvalue weighted by Gasteiger charge is -2.30. The molecule has 0 saturated carbocycles. The summed E-state index contributed by atoms with van der Waals surface area (Å²) < 4.78 is 10.4. The predicted molar refractivity (Wildman–Crippen MR) is 88.4 cm³/mol. The maximum Gasteiger partial charge on any atom is 0.342 e. The minimum Gasteiger partial charge on any atom is -0.458 e. The van der Waals surface area contributed by atoms with Crippen LogP contribution in [0.15, 0.2) is 17.1 Å². The molecule has 23 heavy (non-hydrogen) atoms. The van der Waals surface area contributed by atoms with Crippen molar-refractivity contribution in [3.63, 3.8) is 0 Å². The quantitative estimate of drug-likeness (QED) is 0.215. The molecule has 0 aromatic carbocycles. The van der Waals surface area contributed by atoms with E-state index >= 15 is 0 Å². The highest BCUT2D eigenvalue weighted by Gasteiger charge is 2.46. The molecule has 132 valence electrons. The first-order chi connectivity index (χ1) is 10.2. The summed E-state index contributed by atoms with van der Waals surface area (Å²) in [4.78, 5) is 28.4. The molecule has 0 bridgehead atoms. The minimum absolute atomic E-state index is 0.0624. The average Bonchev–Trinajstić information content (AvgIpc) is 2.29. The zero-order valence-electron chi connectivity index (χ0n) is 14.7. The first-order valence-corrected chi connectivity index (χ1v) is 7.16. The molecule has 6 N–H and O–H groups in total. The Bertz CT molecular complexity index is 467. The zero-order valence-corrected chi connectivity index (χ0v) is 14.7. The maximum absolute atomic E-state index is 12.4. The fourth-order valence-corrected chi connectivity index (χ4v) is 1.34. The van der Waals surface area contributed by atoms with Crippen LogP contribution in [0.3, 0.4) is 0 Å². The standard InChI is InChI=1S/C15H28N4O4/c1-13(2,3)22-10(20)15(18,8-7-9-19-12(16)17)11(21)23-14(4,5)6/h7-8H,9,18H2,1-6H3,(H4,16,17,19). The Kier molecular flexibility index (Phi) is 6.77. The highest BCUT2D eigenvalue weighted by Crippen LogP contribution is 2.19. The van der Waals surface area contributed by atoms with Crippen LogP contribution in [-0.2, 0) is 19.1 Å². The largest absolute Gasteiger partial charge is 0.458 e. The Hall–Kier alpha value is -2.09. The van der Waals surface area contributed by atoms with Crippen LogP contribution in [0.1, 0.15) is 41.5 Å². The van der Waals surface area contributed by atoms with Crippen LogP contribution in [0, 0.1) is 0 Å². The van der Waals surface area contributed by atoms with Gasteiger partial charge >= 0.3 is 11.9 Å². The molecule has 0 aromatic rings. The lowest BCUT2D eigenvalue weighted by atomic mass is 9.99. The van der Waals surface area contributed by atoms with Crippen molar-refractivity contribution in [2.24, 2.45) is 22.2 Å². The number of carbonyl (C=O) groups excluding carboxylic acids is 2. The van der Waals surface area contributed by atoms with Crippen LogP contribution in [-0.4, -0.2) is 41.2 Å². The smallest absolute Gasteiger partial charge is 0.342 e. The van der Waals surface area contributed by atoms with Crippen molar-refractivity contribution in [3.8, 4) is 0 Å². The summed E-state index contributed by atoms with van der Waals surface area (Å²) in [7, 11) is 0. The second kappa shape index (κ2) is 7.45. The SMILES string of the molecule is CC(C)(C)OC(=O)C(N)(C=CCN=C(N)N)C(=O)OC(C)(C)C. The van der Waals surface area contributed by atoms with Gasteiger partial charge in [0, 0.05) is 0 Å². The second-order valence-corrected chi connectivity index (χ2v) is 7.04. The van der Waals surface area contributed by atoms with Crippen molar-refractivity contribution in [1.82, 2.24) is 0 Å². The molecule has 0 heterocycles. The molecular weight excluding hydrogens is 300 g/mol. The minimum atomic E-state index is -2.08. The number of guanidine groups is 1. The topological polar surface area (TPSA) is 143 Å². The van der Waals surface area contributed by atoms with E-state index in [2.05, 4.69) is 4.99 Å². The number of nitrogens with two attached hydrogens (primary N) is 3. The molecule has 0 atom stereocenters. The van der Waals surface area contributed by atoms with Gasteiger partial charge in [-0.3, -0.25) is 0 Å². The number of hydrogen-bond donors (Lipinski definition) is 3. The van der Waals surface area contributed by atoms with Crippen LogP contribution in [0.5, 0.6) is 0 Å². The van der Waals surface area contributed by atoms with Gasteiger partial charge in [-0.1, -0.05) is 6.08 Å². The van der Waals surface area contributed by atoms with Gasteiger partial charge in [-0.2, -0.15) is 0 Å². The normalized spacial score (nSPS) is 12.8. The van der Waals surface area contributed by atoms with E-state index in [4.69, 9.17) is 26.7 Å². The molecule has 8 heteroatoms. The predicted octanol–water partition coefficient (Wildman–Crippen LogP) is 0.197. The zero-order chi connectivity index (χ0) is 18.5. The average molecular weight is 328 g/mol. The third-order valence-corrected chi connectivity index (χ3v) is 2.23. The van der Waals surface area contributed by atoms with Crippen molar-refractivity contribution < 1.29 is 19.1 Å². The summed E-state index contributed by atoms with van der Waals surface area (Å²) in [5.74, 6) is -1.95. The first-order valence-electron chi connectivity index (χ1n) is 7.16. The van der Waals surface area contributed by atoms with Gasteiger partial charge in [0.1, 0.15) is 11.2 Å². The first kappa shape index (κ1) is 20.9. The van der Waals surface area contributed by atoms with Crippen molar-refractivity contribution in [1.29, 1.82) is 0 Å². The fourth-order valence-electron chi connectivity index (χ4n) is 1.34. The van der Waals surface area contributed by atoms with E-state index in [1.54, 1.807) is 41.5 Å². The number of nitrogens with zero attached hydrogens (tertiary/aromatic N) is 1. The molecular formula is C15H28N4O4. The van der Waals surface area contributed by atoms with E-state index in [9.17, 15) is 9.59 Å². The number of carbonyl (C=O) groups is 2. The highest BCUT2D eigenvalue weighted by molar-refractivity contribution is 6.07. The van der Waals surface area contributed by atoms with Crippen molar-refractivity contribution >= 4 is 17.9 Å². The summed E-state index contributed by atoms with van der Waals surface area (Å²) in [6.07, 6.45) is 2.58. The summed E-state index contributed by atoms with van der Waals surface area (Å²) in [6, 6.07) is 0. The van der Waals surface area contributed by atoms with Crippen molar-refractivity contribution in [3.05, 3.63) is 12.2 Å². The summed E-state index contributed by atoms with van der Waals surface area (Å²) in [5.41, 5.74) is 12.7. The molecule has 0 spiro atoms. The van der Waals surface area contributed by atoms with Gasteiger partial charge in [-0.15, -0.1) is 0 Å². The molecule has 0 unspecified atom stereocenters. The molecule has 0 fully saturated rings. The fraction of sp³-hybridized carbons (Fsp3) is 0.667. The number of esters is 2. The summed E-state index contributed by atoms with van der Waals surface area (Å²) in [5, 5.41) is 0. The van der Waals surface area contributed by atoms with E-state index in [1.165, 1.54) is 12.2 Å². The van der Waals surface area contributed by atoms with Gasteiger partial charge < -0.3 is 26.7 Å². The molecule has 0 amide bonds. The molecule has 8 nitrogen and oxygen atoms in total. The monoisotopic (exact) mass is 328 g/mol. The van der Waals surface area contributed by atoms with Gasteiger partial charge in [0.2, 0.25) is 5.54 Å². The van der Waals surface area contributed by atoms with Gasteiger partial charge in [-0.05, 0) is 47.6 Å². The number of aliphatic imine (C=N–C) groups is 1. The van der Waals surface area contributed by atoms with Crippen LogP contribution >= 0.6 is 0 Å². The Morgan fingerprint density at radius 1 is 0.957 bits per heavy atom. The van der Waals surface area contributed by atoms with E-state index in [0.29, 0.717) is 0 Å². The molecule has 0 aromatic heterocycles. The Balaban J connectivity index is 5.46. The lowest BCUT2D eigenvalue weighted by Crippen LogP contribution is -2.57. The molecule has 0 aliphatic heterocycles. The number of ether oxygens (including phenoxy) is 2. The van der Waals surface area contributed by atoms with Crippen LogP contribution in [0.25, 0.3) is 0 Å². The van der Waals surface area contributed by atoms with E-state index in [1.807, 2.05) is 0 Å². The number of hydrogen-bond acceptors (Lipinski definition) is 6. The summed E-state index contributed by atoms with van der Waals surface area (Å²) >= 11 is 0. The van der Waals surface area contributed by atoms with Crippen LogP contribution in [0.2, 0.25) is 0 Å². The van der Waals surface area contributed by atoms with Crippen molar-refractivity contribution in [2.75, 3.05) is 6.54 Å². The maximum atomic E-state index is 12.4. The Labute approximate surface area is 137 Å². The third-order valence-electron chi connectivity index (χ3n) is 2.23. The molecule has 0 rings (SSSR count). The molecule has 0 aliphatic carbocycles. The van der Waals surface area contributed by atoms with Crippen LogP contribution < -0.4 is 17.2 Å². The lowest BCUT2D eigenvalue weighted by molar-refractivity contribution is -0.173. The highest BCUT2D eigenvalue weighted by atomic mass is 16.6. The molecule has 0 saturated heterocycles. The van der Waals surface area contributed by atoms with E-state index < -0.39 is 28.7 Å². The van der Waals surface area contributed by atoms with E-state index in [-0.39, 0.29) is 12.5 Å².